The van der Waals surface area contributed by atoms with Crippen molar-refractivity contribution in [3.63, 3.8) is 0 Å². The van der Waals surface area contributed by atoms with Gasteiger partial charge in [-0.05, 0) is 35.8 Å². The van der Waals surface area contributed by atoms with Crippen LogP contribution in [0, 0.1) is 0 Å². The second-order valence-corrected chi connectivity index (χ2v) is 8.50. The normalized spacial score (nSPS) is 14.0. The second-order valence-electron chi connectivity index (χ2n) is 6.70. The van der Waals surface area contributed by atoms with Crippen LogP contribution in [-0.4, -0.2) is 29.8 Å². The molecule has 1 aliphatic rings. The van der Waals surface area contributed by atoms with E-state index in [-0.39, 0.29) is 5.56 Å². The average Bonchev–Trinajstić information content (AvgIpc) is 3.30. The molecule has 142 valence electrons. The number of hydrogen-bond acceptors (Lipinski definition) is 7. The molecule has 0 unspecified atom stereocenters. The summed E-state index contributed by atoms with van der Waals surface area (Å²) in [4.78, 5) is 18.8. The van der Waals surface area contributed by atoms with Crippen LogP contribution < -0.4 is 5.56 Å². The number of hydrogen-bond donors (Lipinski definition) is 0. The van der Waals surface area contributed by atoms with Crippen molar-refractivity contribution in [1.82, 2.24) is 29.8 Å². The van der Waals surface area contributed by atoms with Crippen molar-refractivity contribution in [2.75, 3.05) is 0 Å². The summed E-state index contributed by atoms with van der Waals surface area (Å²) in [6.07, 6.45) is 2.26. The zero-order valence-corrected chi connectivity index (χ0v) is 16.9. The second kappa shape index (κ2) is 7.14. The van der Waals surface area contributed by atoms with Crippen molar-refractivity contribution in [2.45, 2.75) is 43.3 Å². The molecule has 28 heavy (non-hydrogen) atoms. The van der Waals surface area contributed by atoms with Gasteiger partial charge in [0.1, 0.15) is 4.83 Å². The van der Waals surface area contributed by atoms with Crippen LogP contribution in [-0.2, 0) is 12.3 Å². The van der Waals surface area contributed by atoms with Gasteiger partial charge in [0.15, 0.2) is 11.0 Å². The zero-order valence-electron chi connectivity index (χ0n) is 15.3. The maximum absolute atomic E-state index is 13.3. The third-order valence-electron chi connectivity index (χ3n) is 4.84. The summed E-state index contributed by atoms with van der Waals surface area (Å²) >= 11 is 3.03. The van der Waals surface area contributed by atoms with E-state index in [1.807, 2.05) is 47.3 Å². The summed E-state index contributed by atoms with van der Waals surface area (Å²) in [5.74, 6) is 1.43. The summed E-state index contributed by atoms with van der Waals surface area (Å²) in [5.41, 5.74) is 2.01. The number of fused-ring (bicyclic) bond motifs is 1. The largest absolute Gasteiger partial charge is 0.287 e. The van der Waals surface area contributed by atoms with E-state index in [2.05, 4.69) is 15.5 Å². The molecule has 1 aliphatic carbocycles. The predicted octanol–water partition coefficient (Wildman–Crippen LogP) is 3.76. The number of rotatable bonds is 6. The van der Waals surface area contributed by atoms with E-state index in [0.717, 1.165) is 34.6 Å². The Labute approximate surface area is 169 Å². The molecule has 0 saturated heterocycles. The van der Waals surface area contributed by atoms with Gasteiger partial charge in [0.25, 0.3) is 5.56 Å². The summed E-state index contributed by atoms with van der Waals surface area (Å²) in [5, 5.41) is 15.5. The molecule has 1 saturated carbocycles. The molecule has 3 heterocycles. The van der Waals surface area contributed by atoms with Crippen molar-refractivity contribution in [3.8, 4) is 11.1 Å². The first-order valence-corrected chi connectivity index (χ1v) is 11.1. The minimum Gasteiger partial charge on any atom is -0.287 e. The van der Waals surface area contributed by atoms with Gasteiger partial charge in [-0.2, -0.15) is 0 Å². The van der Waals surface area contributed by atoms with Crippen molar-refractivity contribution in [1.29, 1.82) is 0 Å². The van der Waals surface area contributed by atoms with Gasteiger partial charge in [-0.3, -0.25) is 9.36 Å². The highest BCUT2D eigenvalue weighted by molar-refractivity contribution is 7.98. The number of tetrazole rings is 1. The number of benzene rings is 1. The highest BCUT2D eigenvalue weighted by Gasteiger charge is 2.28. The first kappa shape index (κ1) is 17.6. The number of aromatic nitrogens is 6. The lowest BCUT2D eigenvalue weighted by molar-refractivity contribution is 0.592. The van der Waals surface area contributed by atoms with Gasteiger partial charge in [-0.15, -0.1) is 16.4 Å². The van der Waals surface area contributed by atoms with Gasteiger partial charge in [-0.25, -0.2) is 9.67 Å². The van der Waals surface area contributed by atoms with Gasteiger partial charge >= 0.3 is 0 Å². The van der Waals surface area contributed by atoms with Gasteiger partial charge in [0.2, 0.25) is 0 Å². The van der Waals surface area contributed by atoms with Gasteiger partial charge in [0.05, 0.1) is 17.2 Å². The third kappa shape index (κ3) is 3.04. The Morgan fingerprint density at radius 3 is 2.82 bits per heavy atom. The molecule has 1 aromatic carbocycles. The molecule has 1 fully saturated rings. The minimum absolute atomic E-state index is 0.0110. The Hall–Kier alpha value is -2.52. The van der Waals surface area contributed by atoms with E-state index in [1.165, 1.54) is 23.1 Å². The summed E-state index contributed by atoms with van der Waals surface area (Å²) in [6, 6.07) is 10.4. The molecular weight excluding hydrogens is 392 g/mol. The molecule has 7 nitrogen and oxygen atoms in total. The van der Waals surface area contributed by atoms with Crippen molar-refractivity contribution in [2.24, 2.45) is 0 Å². The SMILES string of the molecule is CCn1c(SCc2nnnn2C2CC2)nc2scc(-c3ccccc3)c2c1=O. The standard InChI is InChI=1S/C19H18N6OS2/c1-2-24-18(26)16-14(12-6-4-3-5-7-12)10-27-17(16)20-19(24)28-11-15-21-22-23-25(15)13-8-9-13/h3-7,10,13H,2,8-9,11H2,1H3. The van der Waals surface area contributed by atoms with E-state index in [0.29, 0.717) is 28.9 Å². The molecule has 0 radical (unpaired) electrons. The van der Waals surface area contributed by atoms with Crippen molar-refractivity contribution >= 4 is 33.3 Å². The molecule has 9 heteroatoms. The first-order chi connectivity index (χ1) is 13.8. The fraction of sp³-hybridized carbons (Fsp3) is 0.316. The first-order valence-electron chi connectivity index (χ1n) is 9.23. The molecule has 0 amide bonds. The topological polar surface area (TPSA) is 78.5 Å². The van der Waals surface area contributed by atoms with E-state index in [9.17, 15) is 4.79 Å². The van der Waals surface area contributed by atoms with E-state index < -0.39 is 0 Å². The van der Waals surface area contributed by atoms with Gasteiger partial charge < -0.3 is 0 Å². The average molecular weight is 411 g/mol. The Morgan fingerprint density at radius 2 is 2.07 bits per heavy atom. The Morgan fingerprint density at radius 1 is 1.25 bits per heavy atom. The highest BCUT2D eigenvalue weighted by atomic mass is 32.2. The molecule has 0 aliphatic heterocycles. The van der Waals surface area contributed by atoms with Crippen LogP contribution in [0.5, 0.6) is 0 Å². The lowest BCUT2D eigenvalue weighted by Crippen LogP contribution is -2.22. The molecule has 0 N–H and O–H groups in total. The van der Waals surface area contributed by atoms with E-state index >= 15 is 0 Å². The highest BCUT2D eigenvalue weighted by Crippen LogP contribution is 2.36. The lowest BCUT2D eigenvalue weighted by atomic mass is 10.1. The molecular formula is C19H18N6OS2. The van der Waals surface area contributed by atoms with Crippen LogP contribution in [0.25, 0.3) is 21.3 Å². The Bertz CT molecular complexity index is 1190. The van der Waals surface area contributed by atoms with Crippen molar-refractivity contribution < 1.29 is 0 Å². The van der Waals surface area contributed by atoms with E-state index in [1.54, 1.807) is 4.57 Å². The van der Waals surface area contributed by atoms with Crippen LogP contribution in [0.2, 0.25) is 0 Å². The van der Waals surface area contributed by atoms with Crippen LogP contribution >= 0.6 is 23.1 Å². The molecule has 3 aromatic heterocycles. The van der Waals surface area contributed by atoms with E-state index in [4.69, 9.17) is 4.98 Å². The predicted molar refractivity (Wildman–Crippen MR) is 111 cm³/mol. The monoisotopic (exact) mass is 410 g/mol. The third-order valence-corrected chi connectivity index (χ3v) is 6.69. The smallest absolute Gasteiger partial charge is 0.263 e. The Balaban J connectivity index is 1.53. The summed E-state index contributed by atoms with van der Waals surface area (Å²) in [7, 11) is 0. The molecule has 0 atom stereocenters. The maximum Gasteiger partial charge on any atom is 0.263 e. The fourth-order valence-corrected chi connectivity index (χ4v) is 5.23. The van der Waals surface area contributed by atoms with Crippen molar-refractivity contribution in [3.05, 3.63) is 51.9 Å². The maximum atomic E-state index is 13.3. The van der Waals surface area contributed by atoms with Gasteiger partial charge in [0, 0.05) is 17.5 Å². The lowest BCUT2D eigenvalue weighted by Gasteiger charge is -2.10. The summed E-state index contributed by atoms with van der Waals surface area (Å²) in [6.45, 7) is 2.55. The fourth-order valence-electron chi connectivity index (χ4n) is 3.26. The molecule has 0 bridgehead atoms. The summed E-state index contributed by atoms with van der Waals surface area (Å²) < 4.78 is 3.65. The zero-order chi connectivity index (χ0) is 19.1. The van der Waals surface area contributed by atoms with Gasteiger partial charge in [-0.1, -0.05) is 42.1 Å². The minimum atomic E-state index is 0.0110. The van der Waals surface area contributed by atoms with Crippen LogP contribution in [0.15, 0.2) is 45.7 Å². The quantitative estimate of drug-likeness (QED) is 0.356. The Kier molecular flexibility index (Phi) is 4.48. The molecule has 5 rings (SSSR count). The number of thioether (sulfide) groups is 1. The molecule has 0 spiro atoms. The van der Waals surface area contributed by atoms with Crippen LogP contribution in [0.4, 0.5) is 0 Å². The van der Waals surface area contributed by atoms with Crippen LogP contribution in [0.3, 0.4) is 0 Å². The number of thiophene rings is 1. The molecule has 4 aromatic rings. The van der Waals surface area contributed by atoms with Crippen LogP contribution in [0.1, 0.15) is 31.6 Å². The number of nitrogens with zero attached hydrogens (tertiary/aromatic N) is 6.